The van der Waals surface area contributed by atoms with Crippen LogP contribution in [-0.4, -0.2) is 51.8 Å². The first-order valence-corrected chi connectivity index (χ1v) is 13.3. The van der Waals surface area contributed by atoms with E-state index in [-0.39, 0.29) is 16.8 Å². The van der Waals surface area contributed by atoms with Crippen LogP contribution in [0, 0.1) is 0 Å². The van der Waals surface area contributed by atoms with Gasteiger partial charge in [-0.2, -0.15) is 0 Å². The van der Waals surface area contributed by atoms with Crippen LogP contribution in [0.15, 0.2) is 46.2 Å². The second-order valence-electron chi connectivity index (χ2n) is 7.99. The minimum absolute atomic E-state index is 0.106. The van der Waals surface area contributed by atoms with Crippen molar-refractivity contribution in [3.05, 3.63) is 58.7 Å². The summed E-state index contributed by atoms with van der Waals surface area (Å²) in [5, 5.41) is 0. The van der Waals surface area contributed by atoms with Gasteiger partial charge in [-0.15, -0.1) is 11.8 Å². The van der Waals surface area contributed by atoms with E-state index in [0.717, 1.165) is 29.7 Å². The van der Waals surface area contributed by atoms with Gasteiger partial charge in [-0.1, -0.05) is 18.2 Å². The van der Waals surface area contributed by atoms with Crippen LogP contribution in [0.4, 0.5) is 0 Å². The van der Waals surface area contributed by atoms with Gasteiger partial charge in [-0.3, -0.25) is 4.79 Å². The molecule has 1 N–H and O–H groups in total. The van der Waals surface area contributed by atoms with Crippen LogP contribution in [0.5, 0.6) is 0 Å². The summed E-state index contributed by atoms with van der Waals surface area (Å²) in [6.07, 6.45) is 5.18. The van der Waals surface area contributed by atoms with E-state index in [1.165, 1.54) is 29.0 Å². The van der Waals surface area contributed by atoms with Crippen LogP contribution in [0.1, 0.15) is 46.4 Å². The summed E-state index contributed by atoms with van der Waals surface area (Å²) in [5.74, 6) is -0.156. The number of sulfonamides is 1. The van der Waals surface area contributed by atoms with Crippen LogP contribution in [0.25, 0.3) is 0 Å². The van der Waals surface area contributed by atoms with Crippen molar-refractivity contribution in [2.24, 2.45) is 0 Å². The molecule has 1 saturated heterocycles. The number of morpholine rings is 1. The van der Waals surface area contributed by atoms with Gasteiger partial charge in [0.05, 0.1) is 23.7 Å². The Labute approximate surface area is 188 Å². The van der Waals surface area contributed by atoms with Crippen molar-refractivity contribution in [1.82, 2.24) is 9.62 Å². The van der Waals surface area contributed by atoms with Crippen molar-refractivity contribution in [2.45, 2.75) is 42.0 Å². The number of thioether (sulfide) groups is 1. The summed E-state index contributed by atoms with van der Waals surface area (Å²) in [6.45, 7) is 3.87. The number of nitrogens with zero attached hydrogens (tertiary/aromatic N) is 1. The highest BCUT2D eigenvalue weighted by molar-refractivity contribution is 7.98. The van der Waals surface area contributed by atoms with E-state index in [9.17, 15) is 13.2 Å². The fraction of sp³-hybridized carbons (Fsp3) is 0.435. The molecule has 0 radical (unpaired) electrons. The molecule has 31 heavy (non-hydrogen) atoms. The van der Waals surface area contributed by atoms with Crippen molar-refractivity contribution in [3.63, 3.8) is 0 Å². The normalized spacial score (nSPS) is 17.4. The second-order valence-corrected chi connectivity index (χ2v) is 10.6. The van der Waals surface area contributed by atoms with E-state index < -0.39 is 10.0 Å². The number of ether oxygens (including phenoxy) is 1. The molecule has 0 spiro atoms. The average Bonchev–Trinajstić information content (AvgIpc) is 3.26. The molecule has 1 atom stereocenters. The highest BCUT2D eigenvalue weighted by atomic mass is 32.2. The number of amides is 1. The van der Waals surface area contributed by atoms with Gasteiger partial charge in [0, 0.05) is 24.0 Å². The quantitative estimate of drug-likeness (QED) is 0.669. The fourth-order valence-electron chi connectivity index (χ4n) is 4.19. The van der Waals surface area contributed by atoms with Crippen LogP contribution < -0.4 is 4.72 Å². The Morgan fingerprint density at radius 3 is 2.58 bits per heavy atom. The minimum Gasteiger partial charge on any atom is -0.378 e. The molecule has 1 amide bonds. The molecule has 0 bridgehead atoms. The van der Waals surface area contributed by atoms with Crippen molar-refractivity contribution < 1.29 is 17.9 Å². The lowest BCUT2D eigenvalue weighted by atomic mass is 10.0. The van der Waals surface area contributed by atoms with Gasteiger partial charge in [0.25, 0.3) is 5.91 Å². The van der Waals surface area contributed by atoms with Gasteiger partial charge in [-0.05, 0) is 67.3 Å². The molecule has 166 valence electrons. The highest BCUT2D eigenvalue weighted by Crippen LogP contribution is 2.28. The molecule has 2 aliphatic rings. The molecule has 6 nitrogen and oxygen atoms in total. The van der Waals surface area contributed by atoms with E-state index in [2.05, 4.69) is 16.9 Å². The number of rotatable bonds is 6. The number of nitrogens with one attached hydrogen (secondary N) is 1. The molecule has 1 fully saturated rings. The summed E-state index contributed by atoms with van der Waals surface area (Å²) in [7, 11) is -3.79. The van der Waals surface area contributed by atoms with E-state index in [1.54, 1.807) is 17.0 Å². The van der Waals surface area contributed by atoms with Gasteiger partial charge in [0.2, 0.25) is 10.0 Å². The Kier molecular flexibility index (Phi) is 6.71. The Morgan fingerprint density at radius 2 is 1.84 bits per heavy atom. The van der Waals surface area contributed by atoms with Crippen LogP contribution >= 0.6 is 11.8 Å². The number of benzene rings is 2. The largest absolute Gasteiger partial charge is 0.378 e. The number of aryl methyl sites for hydroxylation is 2. The Hall–Kier alpha value is -1.87. The standard InChI is InChI=1S/C23H28N2O4S2/c1-16(18-7-6-17-4-3-5-19(17)14-18)24-31(27,28)20-8-9-22(30-2)21(15-20)23(26)25-10-12-29-13-11-25/h6-9,14-16,24H,3-5,10-13H2,1-2H3/t16-/m1/s1. The maximum absolute atomic E-state index is 13.1. The number of carbonyl (C=O) groups is 1. The first kappa shape index (κ1) is 22.3. The molecule has 2 aromatic rings. The second kappa shape index (κ2) is 9.32. The van der Waals surface area contributed by atoms with Crippen molar-refractivity contribution in [3.8, 4) is 0 Å². The predicted octanol–water partition coefficient (Wildman–Crippen LogP) is 3.41. The molecular weight excluding hydrogens is 432 g/mol. The fourth-order valence-corrected chi connectivity index (χ4v) is 6.02. The van der Waals surface area contributed by atoms with Crippen LogP contribution in [0.2, 0.25) is 0 Å². The molecule has 1 heterocycles. The van der Waals surface area contributed by atoms with Crippen LogP contribution in [0.3, 0.4) is 0 Å². The third-order valence-electron chi connectivity index (χ3n) is 5.96. The molecule has 8 heteroatoms. The maximum Gasteiger partial charge on any atom is 0.255 e. The highest BCUT2D eigenvalue weighted by Gasteiger charge is 2.25. The zero-order valence-corrected chi connectivity index (χ0v) is 19.5. The first-order valence-electron chi connectivity index (χ1n) is 10.6. The predicted molar refractivity (Wildman–Crippen MR) is 122 cm³/mol. The molecular formula is C23H28N2O4S2. The summed E-state index contributed by atoms with van der Waals surface area (Å²) in [6, 6.07) is 10.6. The number of carbonyl (C=O) groups excluding carboxylic acids is 1. The maximum atomic E-state index is 13.1. The molecule has 2 aromatic carbocycles. The smallest absolute Gasteiger partial charge is 0.255 e. The van der Waals surface area contributed by atoms with Gasteiger partial charge >= 0.3 is 0 Å². The Balaban J connectivity index is 1.58. The first-order chi connectivity index (χ1) is 14.9. The molecule has 1 aliphatic heterocycles. The van der Waals surface area contributed by atoms with E-state index in [1.807, 2.05) is 19.2 Å². The minimum atomic E-state index is -3.79. The number of hydrogen-bond donors (Lipinski definition) is 1. The zero-order valence-electron chi connectivity index (χ0n) is 17.9. The summed E-state index contributed by atoms with van der Waals surface area (Å²) in [5.41, 5.74) is 4.04. The molecule has 0 unspecified atom stereocenters. The van der Waals surface area contributed by atoms with Gasteiger partial charge in [-0.25, -0.2) is 13.1 Å². The van der Waals surface area contributed by atoms with E-state index in [4.69, 9.17) is 4.74 Å². The third-order valence-corrected chi connectivity index (χ3v) is 8.30. The molecule has 0 aromatic heterocycles. The SMILES string of the molecule is CSc1ccc(S(=O)(=O)N[C@H](C)c2ccc3c(c2)CCC3)cc1C(=O)N1CCOCC1. The zero-order chi connectivity index (χ0) is 22.0. The van der Waals surface area contributed by atoms with Gasteiger partial charge in [0.1, 0.15) is 0 Å². The number of hydrogen-bond acceptors (Lipinski definition) is 5. The lowest BCUT2D eigenvalue weighted by molar-refractivity contribution is 0.0300. The molecule has 0 saturated carbocycles. The van der Waals surface area contributed by atoms with E-state index in [0.29, 0.717) is 31.9 Å². The van der Waals surface area contributed by atoms with Gasteiger partial charge < -0.3 is 9.64 Å². The van der Waals surface area contributed by atoms with Crippen molar-refractivity contribution in [1.29, 1.82) is 0 Å². The Bertz CT molecular complexity index is 1080. The van der Waals surface area contributed by atoms with E-state index >= 15 is 0 Å². The molecule has 4 rings (SSSR count). The van der Waals surface area contributed by atoms with Crippen LogP contribution in [-0.2, 0) is 27.6 Å². The summed E-state index contributed by atoms with van der Waals surface area (Å²) < 4.78 is 34.4. The molecule has 1 aliphatic carbocycles. The van der Waals surface area contributed by atoms with Crippen molar-refractivity contribution >= 4 is 27.7 Å². The Morgan fingerprint density at radius 1 is 1.10 bits per heavy atom. The lowest BCUT2D eigenvalue weighted by Gasteiger charge is -2.27. The third kappa shape index (κ3) is 4.82. The van der Waals surface area contributed by atoms with Crippen molar-refractivity contribution in [2.75, 3.05) is 32.6 Å². The summed E-state index contributed by atoms with van der Waals surface area (Å²) >= 11 is 1.44. The summed E-state index contributed by atoms with van der Waals surface area (Å²) in [4.78, 5) is 15.6. The number of fused-ring (bicyclic) bond motifs is 1. The average molecular weight is 461 g/mol. The van der Waals surface area contributed by atoms with Gasteiger partial charge in [0.15, 0.2) is 0 Å². The monoisotopic (exact) mass is 460 g/mol. The topological polar surface area (TPSA) is 75.7 Å². The lowest BCUT2D eigenvalue weighted by Crippen LogP contribution is -2.41.